The topological polar surface area (TPSA) is 70.3 Å². The Morgan fingerprint density at radius 1 is 1.26 bits per heavy atom. The SMILES string of the molecule is Cc1cc(N2CCN(CC(C)C)CC2)nc(NN)n1. The third-order valence-corrected chi connectivity index (χ3v) is 3.29. The molecule has 1 aromatic rings. The Balaban J connectivity index is 1.99. The number of nitrogens with two attached hydrogens (primary N) is 1. The van der Waals surface area contributed by atoms with Crippen LogP contribution in [0.1, 0.15) is 19.5 Å². The maximum atomic E-state index is 5.39. The Morgan fingerprint density at radius 2 is 1.95 bits per heavy atom. The average molecular weight is 264 g/mol. The molecule has 106 valence electrons. The predicted molar refractivity (Wildman–Crippen MR) is 78.1 cm³/mol. The Hall–Kier alpha value is -1.40. The summed E-state index contributed by atoms with van der Waals surface area (Å²) in [7, 11) is 0. The molecule has 6 nitrogen and oxygen atoms in total. The van der Waals surface area contributed by atoms with Crippen LogP contribution in [-0.2, 0) is 0 Å². The molecule has 1 saturated heterocycles. The molecule has 1 fully saturated rings. The summed E-state index contributed by atoms with van der Waals surface area (Å²) >= 11 is 0. The van der Waals surface area contributed by atoms with Crippen LogP contribution < -0.4 is 16.2 Å². The minimum atomic E-state index is 0.486. The van der Waals surface area contributed by atoms with Crippen LogP contribution in [0.25, 0.3) is 0 Å². The second-order valence-corrected chi connectivity index (χ2v) is 5.52. The summed E-state index contributed by atoms with van der Waals surface area (Å²) in [5.41, 5.74) is 3.46. The molecular formula is C13H24N6. The van der Waals surface area contributed by atoms with Crippen LogP contribution in [-0.4, -0.2) is 47.6 Å². The fourth-order valence-corrected chi connectivity index (χ4v) is 2.45. The van der Waals surface area contributed by atoms with E-state index < -0.39 is 0 Å². The minimum absolute atomic E-state index is 0.486. The number of hydrogen-bond acceptors (Lipinski definition) is 6. The smallest absolute Gasteiger partial charge is 0.239 e. The fourth-order valence-electron chi connectivity index (χ4n) is 2.45. The summed E-state index contributed by atoms with van der Waals surface area (Å²) in [5.74, 6) is 7.56. The van der Waals surface area contributed by atoms with Gasteiger partial charge in [0, 0.05) is 44.5 Å². The molecule has 0 bridgehead atoms. The number of rotatable bonds is 4. The zero-order valence-electron chi connectivity index (χ0n) is 12.1. The zero-order chi connectivity index (χ0) is 13.8. The number of hydrazine groups is 1. The molecule has 19 heavy (non-hydrogen) atoms. The number of hydrogen-bond donors (Lipinski definition) is 2. The number of nitrogens with one attached hydrogen (secondary N) is 1. The summed E-state index contributed by atoms with van der Waals surface area (Å²) in [6.07, 6.45) is 0. The first kappa shape index (κ1) is 14.0. The van der Waals surface area contributed by atoms with Crippen molar-refractivity contribution >= 4 is 11.8 Å². The van der Waals surface area contributed by atoms with Gasteiger partial charge < -0.3 is 4.90 Å². The van der Waals surface area contributed by atoms with E-state index in [1.807, 2.05) is 13.0 Å². The summed E-state index contributed by atoms with van der Waals surface area (Å²) in [4.78, 5) is 13.4. The minimum Gasteiger partial charge on any atom is -0.354 e. The van der Waals surface area contributed by atoms with Gasteiger partial charge in [0.05, 0.1) is 0 Å². The molecule has 6 heteroatoms. The highest BCUT2D eigenvalue weighted by Gasteiger charge is 2.19. The molecule has 1 aliphatic heterocycles. The van der Waals surface area contributed by atoms with Crippen molar-refractivity contribution in [2.24, 2.45) is 11.8 Å². The fraction of sp³-hybridized carbons (Fsp3) is 0.692. The molecule has 0 amide bonds. The molecule has 0 radical (unpaired) electrons. The van der Waals surface area contributed by atoms with Crippen LogP contribution in [0.2, 0.25) is 0 Å². The average Bonchev–Trinajstić information content (AvgIpc) is 2.38. The van der Waals surface area contributed by atoms with Crippen molar-refractivity contribution in [2.45, 2.75) is 20.8 Å². The van der Waals surface area contributed by atoms with E-state index in [-0.39, 0.29) is 0 Å². The Kier molecular flexibility index (Phi) is 4.55. The van der Waals surface area contributed by atoms with Gasteiger partial charge in [-0.2, -0.15) is 4.98 Å². The third kappa shape index (κ3) is 3.78. The van der Waals surface area contributed by atoms with Gasteiger partial charge in [-0.15, -0.1) is 0 Å². The van der Waals surface area contributed by atoms with Crippen LogP contribution in [0.3, 0.4) is 0 Å². The highest BCUT2D eigenvalue weighted by atomic mass is 15.3. The standard InChI is InChI=1S/C13H24N6/c1-10(2)9-18-4-6-19(7-5-18)12-8-11(3)15-13(16-12)17-14/h8,10H,4-7,9,14H2,1-3H3,(H,15,16,17). The first-order chi connectivity index (χ1) is 9.08. The van der Waals surface area contributed by atoms with E-state index >= 15 is 0 Å². The number of aromatic nitrogens is 2. The van der Waals surface area contributed by atoms with Gasteiger partial charge in [0.1, 0.15) is 5.82 Å². The molecule has 1 aromatic heterocycles. The van der Waals surface area contributed by atoms with Gasteiger partial charge in [-0.05, 0) is 12.8 Å². The second kappa shape index (κ2) is 6.16. The van der Waals surface area contributed by atoms with Crippen molar-refractivity contribution in [2.75, 3.05) is 43.0 Å². The van der Waals surface area contributed by atoms with Crippen LogP contribution >= 0.6 is 0 Å². The lowest BCUT2D eigenvalue weighted by Gasteiger charge is -2.36. The van der Waals surface area contributed by atoms with E-state index in [2.05, 4.69) is 39.0 Å². The number of aryl methyl sites for hydroxylation is 1. The van der Waals surface area contributed by atoms with E-state index in [0.29, 0.717) is 5.95 Å². The number of nitrogens with zero attached hydrogens (tertiary/aromatic N) is 4. The lowest BCUT2D eigenvalue weighted by molar-refractivity contribution is 0.231. The van der Waals surface area contributed by atoms with Gasteiger partial charge in [-0.3, -0.25) is 10.3 Å². The number of nitrogen functional groups attached to an aromatic ring is 1. The molecular weight excluding hydrogens is 240 g/mol. The maximum absolute atomic E-state index is 5.39. The monoisotopic (exact) mass is 264 g/mol. The predicted octanol–water partition coefficient (Wildman–Crippen LogP) is 0.849. The Bertz CT molecular complexity index is 412. The van der Waals surface area contributed by atoms with E-state index in [1.165, 1.54) is 6.54 Å². The molecule has 2 rings (SSSR count). The largest absolute Gasteiger partial charge is 0.354 e. The molecule has 0 aromatic carbocycles. The van der Waals surface area contributed by atoms with Crippen molar-refractivity contribution < 1.29 is 0 Å². The molecule has 0 saturated carbocycles. The highest BCUT2D eigenvalue weighted by Crippen LogP contribution is 2.16. The lowest BCUT2D eigenvalue weighted by Crippen LogP contribution is -2.47. The van der Waals surface area contributed by atoms with Crippen molar-refractivity contribution in [1.82, 2.24) is 14.9 Å². The van der Waals surface area contributed by atoms with E-state index in [1.54, 1.807) is 0 Å². The quantitative estimate of drug-likeness (QED) is 0.620. The van der Waals surface area contributed by atoms with Gasteiger partial charge in [0.15, 0.2) is 0 Å². The first-order valence-electron chi connectivity index (χ1n) is 6.88. The summed E-state index contributed by atoms with van der Waals surface area (Å²) in [6.45, 7) is 11.9. The number of piperazine rings is 1. The van der Waals surface area contributed by atoms with Crippen molar-refractivity contribution in [1.29, 1.82) is 0 Å². The van der Waals surface area contributed by atoms with Gasteiger partial charge >= 0.3 is 0 Å². The van der Waals surface area contributed by atoms with Crippen molar-refractivity contribution in [3.63, 3.8) is 0 Å². The molecule has 2 heterocycles. The summed E-state index contributed by atoms with van der Waals surface area (Å²) < 4.78 is 0. The zero-order valence-corrected chi connectivity index (χ0v) is 12.1. The van der Waals surface area contributed by atoms with E-state index in [4.69, 9.17) is 5.84 Å². The molecule has 3 N–H and O–H groups in total. The Morgan fingerprint density at radius 3 is 2.53 bits per heavy atom. The lowest BCUT2D eigenvalue weighted by atomic mass is 10.2. The van der Waals surface area contributed by atoms with E-state index in [9.17, 15) is 0 Å². The third-order valence-electron chi connectivity index (χ3n) is 3.29. The maximum Gasteiger partial charge on any atom is 0.239 e. The van der Waals surface area contributed by atoms with Crippen LogP contribution in [0.4, 0.5) is 11.8 Å². The molecule has 1 aliphatic rings. The highest BCUT2D eigenvalue weighted by molar-refractivity contribution is 5.44. The van der Waals surface area contributed by atoms with Gasteiger partial charge in [-0.25, -0.2) is 10.8 Å². The van der Waals surface area contributed by atoms with Crippen molar-refractivity contribution in [3.05, 3.63) is 11.8 Å². The van der Waals surface area contributed by atoms with Crippen LogP contribution in [0.5, 0.6) is 0 Å². The van der Waals surface area contributed by atoms with Crippen LogP contribution in [0.15, 0.2) is 6.07 Å². The van der Waals surface area contributed by atoms with Gasteiger partial charge in [-0.1, -0.05) is 13.8 Å². The van der Waals surface area contributed by atoms with Gasteiger partial charge in [0.2, 0.25) is 5.95 Å². The first-order valence-corrected chi connectivity index (χ1v) is 6.88. The summed E-state index contributed by atoms with van der Waals surface area (Å²) in [6, 6.07) is 2.01. The van der Waals surface area contributed by atoms with Crippen molar-refractivity contribution in [3.8, 4) is 0 Å². The molecule has 0 aliphatic carbocycles. The van der Waals surface area contributed by atoms with Gasteiger partial charge in [0.25, 0.3) is 0 Å². The van der Waals surface area contributed by atoms with E-state index in [0.717, 1.165) is 43.6 Å². The Labute approximate surface area is 115 Å². The van der Waals surface area contributed by atoms with Crippen LogP contribution in [0, 0.1) is 12.8 Å². The number of anilines is 2. The molecule has 0 spiro atoms. The molecule has 0 unspecified atom stereocenters. The normalized spacial score (nSPS) is 17.0. The second-order valence-electron chi connectivity index (χ2n) is 5.52. The summed E-state index contributed by atoms with van der Waals surface area (Å²) in [5, 5.41) is 0. The molecule has 0 atom stereocenters.